The maximum atomic E-state index is 12.5. The first-order chi connectivity index (χ1) is 12.8. The molecule has 0 bridgehead atoms. The van der Waals surface area contributed by atoms with Crippen molar-refractivity contribution in [3.8, 4) is 0 Å². The zero-order valence-corrected chi connectivity index (χ0v) is 16.2. The van der Waals surface area contributed by atoms with Gasteiger partial charge in [-0.3, -0.25) is 9.59 Å². The third-order valence-electron chi connectivity index (χ3n) is 3.62. The van der Waals surface area contributed by atoms with Crippen LogP contribution in [0.3, 0.4) is 0 Å². The van der Waals surface area contributed by atoms with Crippen LogP contribution in [0.4, 0.5) is 17.3 Å². The summed E-state index contributed by atoms with van der Waals surface area (Å²) < 4.78 is 0. The number of rotatable bonds is 8. The Hall–Kier alpha value is -3.00. The molecule has 1 heterocycles. The van der Waals surface area contributed by atoms with Gasteiger partial charge in [-0.25, -0.2) is 9.97 Å². The van der Waals surface area contributed by atoms with Crippen LogP contribution in [0.1, 0.15) is 29.5 Å². The van der Waals surface area contributed by atoms with E-state index in [4.69, 9.17) is 0 Å². The molecule has 1 aromatic carbocycles. The van der Waals surface area contributed by atoms with Crippen molar-refractivity contribution in [2.75, 3.05) is 43.1 Å². The predicted octanol–water partition coefficient (Wildman–Crippen LogP) is 2.36. The quantitative estimate of drug-likeness (QED) is 0.617. The van der Waals surface area contributed by atoms with Crippen LogP contribution < -0.4 is 16.0 Å². The van der Waals surface area contributed by atoms with E-state index in [1.807, 2.05) is 21.0 Å². The first-order valence-electron chi connectivity index (χ1n) is 8.77. The van der Waals surface area contributed by atoms with Crippen molar-refractivity contribution in [1.29, 1.82) is 0 Å². The van der Waals surface area contributed by atoms with Crippen LogP contribution in [0.2, 0.25) is 0 Å². The maximum absolute atomic E-state index is 12.5. The summed E-state index contributed by atoms with van der Waals surface area (Å²) in [6.07, 6.45) is 0.951. The summed E-state index contributed by atoms with van der Waals surface area (Å²) in [5.41, 5.74) is 2.29. The van der Waals surface area contributed by atoms with Gasteiger partial charge in [0.15, 0.2) is 0 Å². The standard InChI is InChI=1S/C19H26N6O2/c1-13-12-17(24-19(21-13)20-10-5-11-25(3)4)18(27)23-16-8-6-15(7-9-16)22-14(2)26/h6-9,12H,5,10-11H2,1-4H3,(H,22,26)(H,23,27)(H,20,21,24). The van der Waals surface area contributed by atoms with Crippen LogP contribution in [0, 0.1) is 6.92 Å². The highest BCUT2D eigenvalue weighted by atomic mass is 16.2. The van der Waals surface area contributed by atoms with Crippen LogP contribution in [0.5, 0.6) is 0 Å². The van der Waals surface area contributed by atoms with E-state index in [0.29, 0.717) is 28.7 Å². The fourth-order valence-electron chi connectivity index (χ4n) is 2.39. The molecule has 3 N–H and O–H groups in total. The van der Waals surface area contributed by atoms with Crippen LogP contribution in [-0.4, -0.2) is 53.9 Å². The Morgan fingerprint density at radius 3 is 2.26 bits per heavy atom. The minimum atomic E-state index is -0.316. The van der Waals surface area contributed by atoms with E-state index >= 15 is 0 Å². The highest BCUT2D eigenvalue weighted by Gasteiger charge is 2.11. The largest absolute Gasteiger partial charge is 0.354 e. The number of anilines is 3. The molecule has 0 aliphatic carbocycles. The monoisotopic (exact) mass is 370 g/mol. The molecule has 0 aliphatic rings. The Labute approximate surface area is 159 Å². The van der Waals surface area contributed by atoms with E-state index in [9.17, 15) is 9.59 Å². The molecular weight excluding hydrogens is 344 g/mol. The number of hydrogen-bond acceptors (Lipinski definition) is 6. The molecule has 0 radical (unpaired) electrons. The average Bonchev–Trinajstić information content (AvgIpc) is 2.59. The Balaban J connectivity index is 1.99. The number of amides is 2. The van der Waals surface area contributed by atoms with E-state index in [1.54, 1.807) is 30.3 Å². The molecule has 27 heavy (non-hydrogen) atoms. The lowest BCUT2D eigenvalue weighted by Gasteiger charge is -2.11. The zero-order chi connectivity index (χ0) is 19.8. The van der Waals surface area contributed by atoms with Gasteiger partial charge in [0.2, 0.25) is 11.9 Å². The second kappa shape index (κ2) is 9.63. The summed E-state index contributed by atoms with van der Waals surface area (Å²) in [6, 6.07) is 8.53. The number of nitrogens with zero attached hydrogens (tertiary/aromatic N) is 3. The number of aryl methyl sites for hydroxylation is 1. The highest BCUT2D eigenvalue weighted by Crippen LogP contribution is 2.15. The van der Waals surface area contributed by atoms with E-state index in [1.165, 1.54) is 6.92 Å². The van der Waals surface area contributed by atoms with Crippen LogP contribution in [-0.2, 0) is 4.79 Å². The predicted molar refractivity (Wildman–Crippen MR) is 107 cm³/mol. The molecule has 0 fully saturated rings. The van der Waals surface area contributed by atoms with Crippen LogP contribution in [0.25, 0.3) is 0 Å². The molecule has 0 saturated carbocycles. The van der Waals surface area contributed by atoms with Crippen LogP contribution >= 0.6 is 0 Å². The summed E-state index contributed by atoms with van der Waals surface area (Å²) in [4.78, 5) is 34.3. The van der Waals surface area contributed by atoms with Crippen molar-refractivity contribution in [2.24, 2.45) is 0 Å². The van der Waals surface area contributed by atoms with Gasteiger partial charge in [0, 0.05) is 30.5 Å². The van der Waals surface area contributed by atoms with Gasteiger partial charge >= 0.3 is 0 Å². The molecule has 144 valence electrons. The zero-order valence-electron chi connectivity index (χ0n) is 16.2. The SMILES string of the molecule is CC(=O)Nc1ccc(NC(=O)c2cc(C)nc(NCCCN(C)C)n2)cc1. The number of benzene rings is 1. The second-order valence-electron chi connectivity index (χ2n) is 6.51. The van der Waals surface area contributed by atoms with Crippen molar-refractivity contribution in [1.82, 2.24) is 14.9 Å². The highest BCUT2D eigenvalue weighted by molar-refractivity contribution is 6.03. The minimum Gasteiger partial charge on any atom is -0.354 e. The Morgan fingerprint density at radius 2 is 1.67 bits per heavy atom. The van der Waals surface area contributed by atoms with Crippen LogP contribution in [0.15, 0.2) is 30.3 Å². The Morgan fingerprint density at radius 1 is 1.04 bits per heavy atom. The normalized spacial score (nSPS) is 10.6. The molecule has 0 unspecified atom stereocenters. The van der Waals surface area contributed by atoms with E-state index in [0.717, 1.165) is 19.5 Å². The molecule has 2 aromatic rings. The number of nitrogens with one attached hydrogen (secondary N) is 3. The average molecular weight is 370 g/mol. The van der Waals surface area contributed by atoms with Gasteiger partial charge in [-0.15, -0.1) is 0 Å². The third-order valence-corrected chi connectivity index (χ3v) is 3.62. The summed E-state index contributed by atoms with van der Waals surface area (Å²) in [7, 11) is 4.04. The molecule has 1 aromatic heterocycles. The topological polar surface area (TPSA) is 99.2 Å². The first kappa shape index (κ1) is 20.3. The van der Waals surface area contributed by atoms with Crippen molar-refractivity contribution >= 4 is 29.1 Å². The van der Waals surface area contributed by atoms with Gasteiger partial charge in [0.1, 0.15) is 5.69 Å². The first-order valence-corrected chi connectivity index (χ1v) is 8.77. The molecule has 0 saturated heterocycles. The summed E-state index contributed by atoms with van der Waals surface area (Å²) in [5.74, 6) is -0.0158. The van der Waals surface area contributed by atoms with Crippen molar-refractivity contribution in [3.63, 3.8) is 0 Å². The summed E-state index contributed by atoms with van der Waals surface area (Å²) in [6.45, 7) is 4.96. The molecule has 0 aliphatic heterocycles. The second-order valence-corrected chi connectivity index (χ2v) is 6.51. The van der Waals surface area contributed by atoms with Gasteiger partial charge in [-0.1, -0.05) is 0 Å². The minimum absolute atomic E-state index is 0.145. The summed E-state index contributed by atoms with van der Waals surface area (Å²) in [5, 5.41) is 8.64. The van der Waals surface area contributed by atoms with E-state index < -0.39 is 0 Å². The van der Waals surface area contributed by atoms with Crippen molar-refractivity contribution < 1.29 is 9.59 Å². The molecular formula is C19H26N6O2. The molecule has 8 heteroatoms. The fraction of sp³-hybridized carbons (Fsp3) is 0.368. The Kier molecular flexibility index (Phi) is 7.25. The van der Waals surface area contributed by atoms with Crippen molar-refractivity contribution in [2.45, 2.75) is 20.3 Å². The molecule has 2 rings (SSSR count). The van der Waals surface area contributed by atoms with Gasteiger partial charge in [-0.05, 0) is 64.3 Å². The van der Waals surface area contributed by atoms with Gasteiger partial charge < -0.3 is 20.9 Å². The van der Waals surface area contributed by atoms with E-state index in [2.05, 4.69) is 30.8 Å². The molecule has 2 amide bonds. The third kappa shape index (κ3) is 7.02. The lowest BCUT2D eigenvalue weighted by atomic mass is 10.2. The number of carbonyl (C=O) groups excluding carboxylic acids is 2. The number of hydrogen-bond donors (Lipinski definition) is 3. The van der Waals surface area contributed by atoms with Gasteiger partial charge in [0.25, 0.3) is 5.91 Å². The number of carbonyl (C=O) groups is 2. The lowest BCUT2D eigenvalue weighted by molar-refractivity contribution is -0.114. The smallest absolute Gasteiger partial charge is 0.274 e. The fourth-order valence-corrected chi connectivity index (χ4v) is 2.39. The molecule has 8 nitrogen and oxygen atoms in total. The maximum Gasteiger partial charge on any atom is 0.274 e. The van der Waals surface area contributed by atoms with Crippen molar-refractivity contribution in [3.05, 3.63) is 41.7 Å². The Bertz CT molecular complexity index is 789. The lowest BCUT2D eigenvalue weighted by Crippen LogP contribution is -2.19. The summed E-state index contributed by atoms with van der Waals surface area (Å²) >= 11 is 0. The number of aromatic nitrogens is 2. The van der Waals surface area contributed by atoms with Gasteiger partial charge in [0.05, 0.1) is 0 Å². The molecule has 0 atom stereocenters. The molecule has 0 spiro atoms. The van der Waals surface area contributed by atoms with E-state index in [-0.39, 0.29) is 11.8 Å². The van der Waals surface area contributed by atoms with Gasteiger partial charge in [-0.2, -0.15) is 0 Å².